The monoisotopic (exact) mass is 491 g/mol. The van der Waals surface area contributed by atoms with Crippen LogP contribution in [0.5, 0.6) is 11.5 Å². The average Bonchev–Trinajstić information content (AvgIpc) is 3.73. The molecule has 2 amide bonds. The number of alkyl halides is 2. The van der Waals surface area contributed by atoms with Gasteiger partial charge < -0.3 is 19.7 Å². The van der Waals surface area contributed by atoms with Gasteiger partial charge in [0.1, 0.15) is 6.04 Å². The van der Waals surface area contributed by atoms with Crippen molar-refractivity contribution in [3.63, 3.8) is 0 Å². The first-order chi connectivity index (χ1) is 16.4. The van der Waals surface area contributed by atoms with Crippen molar-refractivity contribution in [2.45, 2.75) is 63.5 Å². The third-order valence-electron chi connectivity index (χ3n) is 6.58. The number of hydrogen-bond acceptors (Lipinski definition) is 6. The molecule has 1 saturated heterocycles. The fraction of sp³-hybridized carbons (Fsp3) is 0.542. The molecule has 1 aromatic carbocycles. The number of ether oxygens (including phenoxy) is 2. The molecule has 2 heterocycles. The van der Waals surface area contributed by atoms with Gasteiger partial charge in [0.15, 0.2) is 16.6 Å². The molecule has 1 aromatic heterocycles. The molecule has 2 atom stereocenters. The summed E-state index contributed by atoms with van der Waals surface area (Å²) in [6, 6.07) is 4.18. The molecule has 182 valence electrons. The van der Waals surface area contributed by atoms with E-state index in [0.29, 0.717) is 30.1 Å². The molecular formula is C24H27F2N3O4S. The number of thiazole rings is 1. The van der Waals surface area contributed by atoms with Gasteiger partial charge in [0.2, 0.25) is 11.8 Å². The summed E-state index contributed by atoms with van der Waals surface area (Å²) in [5.41, 5.74) is 1.81. The number of benzene rings is 1. The number of anilines is 1. The first kappa shape index (κ1) is 23.0. The van der Waals surface area contributed by atoms with E-state index < -0.39 is 12.7 Å². The summed E-state index contributed by atoms with van der Waals surface area (Å²) in [4.78, 5) is 31.6. The zero-order chi connectivity index (χ0) is 23.8. The number of nitrogens with zero attached hydrogens (tertiary/aromatic N) is 2. The minimum atomic E-state index is -2.95. The van der Waals surface area contributed by atoms with Gasteiger partial charge in [-0.2, -0.15) is 8.78 Å². The summed E-state index contributed by atoms with van der Waals surface area (Å²) in [5.74, 6) is 0.630. The SMILES string of the molecule is CC(C(=O)Nc1nc(C2CC2)cs1)N1CC(c2ccc(OC(F)F)c(OCC3CC3)c2)CC1=O. The highest BCUT2D eigenvalue weighted by Gasteiger charge is 2.37. The Morgan fingerprint density at radius 2 is 2.03 bits per heavy atom. The second kappa shape index (κ2) is 9.48. The fourth-order valence-corrected chi connectivity index (χ4v) is 4.96. The predicted molar refractivity (Wildman–Crippen MR) is 123 cm³/mol. The Balaban J connectivity index is 1.24. The number of carbonyl (C=O) groups is 2. The highest BCUT2D eigenvalue weighted by atomic mass is 32.1. The van der Waals surface area contributed by atoms with Crippen LogP contribution in [0.15, 0.2) is 23.6 Å². The van der Waals surface area contributed by atoms with Crippen LogP contribution in [0.2, 0.25) is 0 Å². The van der Waals surface area contributed by atoms with Gasteiger partial charge in [-0.3, -0.25) is 9.59 Å². The number of rotatable bonds is 10. The van der Waals surface area contributed by atoms with Crippen molar-refractivity contribution in [1.29, 1.82) is 0 Å². The van der Waals surface area contributed by atoms with Crippen molar-refractivity contribution in [2.24, 2.45) is 5.92 Å². The van der Waals surface area contributed by atoms with Crippen LogP contribution in [0.3, 0.4) is 0 Å². The van der Waals surface area contributed by atoms with E-state index in [4.69, 9.17) is 4.74 Å². The lowest BCUT2D eigenvalue weighted by atomic mass is 9.98. The number of aromatic nitrogens is 1. The van der Waals surface area contributed by atoms with E-state index in [9.17, 15) is 18.4 Å². The maximum Gasteiger partial charge on any atom is 0.387 e. The number of halogens is 2. The highest BCUT2D eigenvalue weighted by molar-refractivity contribution is 7.13. The Hall–Kier alpha value is -2.75. The van der Waals surface area contributed by atoms with E-state index in [1.54, 1.807) is 24.0 Å². The molecule has 2 aliphatic carbocycles. The van der Waals surface area contributed by atoms with Crippen LogP contribution in [0.25, 0.3) is 0 Å². The molecule has 5 rings (SSSR count). The van der Waals surface area contributed by atoms with Gasteiger partial charge in [-0.25, -0.2) is 4.98 Å². The molecule has 1 aliphatic heterocycles. The summed E-state index contributed by atoms with van der Waals surface area (Å²) in [7, 11) is 0. The molecule has 3 aliphatic rings. The summed E-state index contributed by atoms with van der Waals surface area (Å²) in [5, 5.41) is 5.35. The average molecular weight is 492 g/mol. The summed E-state index contributed by atoms with van der Waals surface area (Å²) >= 11 is 1.40. The van der Waals surface area contributed by atoms with Crippen LogP contribution in [-0.2, 0) is 9.59 Å². The van der Waals surface area contributed by atoms with Gasteiger partial charge in [-0.1, -0.05) is 6.07 Å². The molecular weight excluding hydrogens is 464 g/mol. The van der Waals surface area contributed by atoms with Crippen molar-refractivity contribution < 1.29 is 27.8 Å². The fourth-order valence-electron chi connectivity index (χ4n) is 4.17. The highest BCUT2D eigenvalue weighted by Crippen LogP contribution is 2.41. The molecule has 3 fully saturated rings. The van der Waals surface area contributed by atoms with E-state index >= 15 is 0 Å². The van der Waals surface area contributed by atoms with Gasteiger partial charge in [0.05, 0.1) is 12.3 Å². The van der Waals surface area contributed by atoms with Crippen LogP contribution in [0.4, 0.5) is 13.9 Å². The molecule has 2 aromatic rings. The molecule has 1 N–H and O–H groups in total. The smallest absolute Gasteiger partial charge is 0.387 e. The van der Waals surface area contributed by atoms with Crippen molar-refractivity contribution >= 4 is 28.3 Å². The molecule has 0 radical (unpaired) electrons. The topological polar surface area (TPSA) is 80.8 Å². The Morgan fingerprint density at radius 3 is 2.74 bits per heavy atom. The Kier molecular flexibility index (Phi) is 6.42. The zero-order valence-electron chi connectivity index (χ0n) is 18.8. The molecule has 7 nitrogen and oxygen atoms in total. The van der Waals surface area contributed by atoms with Crippen molar-refractivity contribution in [1.82, 2.24) is 9.88 Å². The second-order valence-corrected chi connectivity index (χ2v) is 10.2. The number of hydrogen-bond donors (Lipinski definition) is 1. The lowest BCUT2D eigenvalue weighted by Crippen LogP contribution is -2.42. The predicted octanol–water partition coefficient (Wildman–Crippen LogP) is 4.75. The number of carbonyl (C=O) groups excluding carboxylic acids is 2. The minimum absolute atomic E-state index is 0.0117. The normalized spacial score (nSPS) is 21.1. The Bertz CT molecular complexity index is 1070. The van der Waals surface area contributed by atoms with Gasteiger partial charge in [0.25, 0.3) is 0 Å². The first-order valence-corrected chi connectivity index (χ1v) is 12.5. The zero-order valence-corrected chi connectivity index (χ0v) is 19.7. The number of likely N-dealkylation sites (tertiary alicyclic amines) is 1. The van der Waals surface area contributed by atoms with Crippen LogP contribution >= 0.6 is 11.3 Å². The first-order valence-electron chi connectivity index (χ1n) is 11.6. The Morgan fingerprint density at radius 1 is 1.24 bits per heavy atom. The lowest BCUT2D eigenvalue weighted by Gasteiger charge is -2.23. The summed E-state index contributed by atoms with van der Waals surface area (Å²) in [6.07, 6.45) is 4.65. The molecule has 2 saturated carbocycles. The molecule has 10 heteroatoms. The van der Waals surface area contributed by atoms with E-state index in [2.05, 4.69) is 15.0 Å². The van der Waals surface area contributed by atoms with Crippen molar-refractivity contribution in [3.05, 3.63) is 34.8 Å². The lowest BCUT2D eigenvalue weighted by molar-refractivity contribution is -0.134. The van der Waals surface area contributed by atoms with Crippen LogP contribution in [-0.4, -0.2) is 47.5 Å². The molecule has 0 spiro atoms. The third kappa shape index (κ3) is 5.32. The third-order valence-corrected chi connectivity index (χ3v) is 7.36. The van der Waals surface area contributed by atoms with Crippen molar-refractivity contribution in [2.75, 3.05) is 18.5 Å². The van der Waals surface area contributed by atoms with Gasteiger partial charge in [-0.15, -0.1) is 11.3 Å². The van der Waals surface area contributed by atoms with E-state index in [0.717, 1.165) is 36.9 Å². The molecule has 0 bridgehead atoms. The van der Waals surface area contributed by atoms with E-state index in [-0.39, 0.29) is 35.7 Å². The van der Waals surface area contributed by atoms with Gasteiger partial charge >= 0.3 is 6.61 Å². The minimum Gasteiger partial charge on any atom is -0.489 e. The Labute approximate surface area is 200 Å². The summed E-state index contributed by atoms with van der Waals surface area (Å²) < 4.78 is 36.0. The van der Waals surface area contributed by atoms with Gasteiger partial charge in [0, 0.05) is 30.2 Å². The van der Waals surface area contributed by atoms with Crippen molar-refractivity contribution in [3.8, 4) is 11.5 Å². The van der Waals surface area contributed by atoms with E-state index in [1.807, 2.05) is 5.38 Å². The number of amides is 2. The van der Waals surface area contributed by atoms with Crippen LogP contribution in [0.1, 0.15) is 62.1 Å². The quantitative estimate of drug-likeness (QED) is 0.519. The maximum atomic E-state index is 12.8. The maximum absolute atomic E-state index is 12.8. The molecule has 34 heavy (non-hydrogen) atoms. The summed E-state index contributed by atoms with van der Waals surface area (Å²) in [6.45, 7) is -0.435. The van der Waals surface area contributed by atoms with Crippen LogP contribution in [0, 0.1) is 5.92 Å². The molecule has 2 unspecified atom stereocenters. The number of nitrogens with one attached hydrogen (secondary N) is 1. The largest absolute Gasteiger partial charge is 0.489 e. The second-order valence-electron chi connectivity index (χ2n) is 9.30. The van der Waals surface area contributed by atoms with E-state index in [1.165, 1.54) is 17.4 Å². The van der Waals surface area contributed by atoms with Gasteiger partial charge in [-0.05, 0) is 56.2 Å². The van der Waals surface area contributed by atoms with Crippen LogP contribution < -0.4 is 14.8 Å². The standard InChI is InChI=1S/C24H27F2N3O4S/c1-13(22(31)28-24-27-18(12-34-24)15-4-5-15)29-10-17(9-21(29)30)16-6-7-19(33-23(25)26)20(8-16)32-11-14-2-3-14/h6-8,12-15,17,23H,2-5,9-11H2,1H3,(H,27,28,31).